The minimum atomic E-state index is 0.0803. The predicted molar refractivity (Wildman–Crippen MR) is 30.3 cm³/mol. The third-order valence-electron chi connectivity index (χ3n) is 1.08. The number of hydrogen-bond donors (Lipinski definition) is 0. The molecule has 47 valence electrons. The molecular formula is C6H11O2. The van der Waals surface area contributed by atoms with E-state index in [1.165, 1.54) is 0 Å². The van der Waals surface area contributed by atoms with Crippen molar-refractivity contribution in [3.05, 3.63) is 6.92 Å². The van der Waals surface area contributed by atoms with Gasteiger partial charge in [0.2, 0.25) is 0 Å². The van der Waals surface area contributed by atoms with Gasteiger partial charge in [0, 0.05) is 6.61 Å². The molecule has 1 aliphatic rings. The fourth-order valence-electron chi connectivity index (χ4n) is 0.540. The minimum absolute atomic E-state index is 0.0803. The monoisotopic (exact) mass is 115 g/mol. The van der Waals surface area contributed by atoms with Crippen molar-refractivity contribution in [2.75, 3.05) is 6.61 Å². The SMILES string of the molecule is [CH2]CCOC1OC1C. The van der Waals surface area contributed by atoms with Gasteiger partial charge in [0.25, 0.3) is 0 Å². The molecule has 0 aliphatic carbocycles. The molecule has 2 heteroatoms. The smallest absolute Gasteiger partial charge is 0.184 e. The molecule has 2 atom stereocenters. The van der Waals surface area contributed by atoms with Crippen LogP contribution in [0.15, 0.2) is 0 Å². The van der Waals surface area contributed by atoms with Crippen molar-refractivity contribution in [3.8, 4) is 0 Å². The maximum absolute atomic E-state index is 5.13. The van der Waals surface area contributed by atoms with E-state index in [4.69, 9.17) is 9.47 Å². The second-order valence-electron chi connectivity index (χ2n) is 1.93. The lowest BCUT2D eigenvalue weighted by atomic mass is 10.5. The Hall–Kier alpha value is -0.0800. The average molecular weight is 115 g/mol. The highest BCUT2D eigenvalue weighted by Crippen LogP contribution is 2.21. The Bertz CT molecular complexity index is 72.9. The lowest BCUT2D eigenvalue weighted by Gasteiger charge is -1.92. The molecule has 0 aromatic carbocycles. The highest BCUT2D eigenvalue weighted by molar-refractivity contribution is 4.69. The second kappa shape index (κ2) is 2.46. The summed E-state index contributed by atoms with van der Waals surface area (Å²) < 4.78 is 10.1. The van der Waals surface area contributed by atoms with Gasteiger partial charge in [0.05, 0.1) is 0 Å². The van der Waals surface area contributed by atoms with E-state index in [0.29, 0.717) is 6.10 Å². The molecule has 0 amide bonds. The Balaban J connectivity index is 1.89. The maximum Gasteiger partial charge on any atom is 0.184 e. The van der Waals surface area contributed by atoms with Gasteiger partial charge in [-0.3, -0.25) is 0 Å². The highest BCUT2D eigenvalue weighted by atomic mass is 16.8. The summed E-state index contributed by atoms with van der Waals surface area (Å²) in [6.07, 6.45) is 1.23. The summed E-state index contributed by atoms with van der Waals surface area (Å²) in [5, 5.41) is 0. The molecule has 0 spiro atoms. The van der Waals surface area contributed by atoms with Gasteiger partial charge in [-0.2, -0.15) is 0 Å². The van der Waals surface area contributed by atoms with E-state index in [9.17, 15) is 0 Å². The van der Waals surface area contributed by atoms with E-state index in [1.54, 1.807) is 0 Å². The van der Waals surface area contributed by atoms with Crippen molar-refractivity contribution in [3.63, 3.8) is 0 Å². The van der Waals surface area contributed by atoms with Gasteiger partial charge < -0.3 is 9.47 Å². The Kier molecular flexibility index (Phi) is 1.86. The second-order valence-corrected chi connectivity index (χ2v) is 1.93. The van der Waals surface area contributed by atoms with Gasteiger partial charge in [-0.05, 0) is 13.3 Å². The van der Waals surface area contributed by atoms with Crippen molar-refractivity contribution >= 4 is 0 Å². The van der Waals surface area contributed by atoms with Crippen LogP contribution >= 0.6 is 0 Å². The van der Waals surface area contributed by atoms with Crippen LogP contribution in [0.2, 0.25) is 0 Å². The van der Waals surface area contributed by atoms with Crippen LogP contribution in [0, 0.1) is 6.92 Å². The van der Waals surface area contributed by atoms with Gasteiger partial charge in [0.1, 0.15) is 6.10 Å². The molecule has 0 bridgehead atoms. The van der Waals surface area contributed by atoms with Crippen molar-refractivity contribution in [2.24, 2.45) is 0 Å². The number of epoxide rings is 1. The molecule has 1 heterocycles. The van der Waals surface area contributed by atoms with E-state index in [2.05, 4.69) is 6.92 Å². The maximum atomic E-state index is 5.13. The van der Waals surface area contributed by atoms with Crippen molar-refractivity contribution in [1.29, 1.82) is 0 Å². The largest absolute Gasteiger partial charge is 0.350 e. The molecule has 0 aromatic heterocycles. The normalized spacial score (nSPS) is 35.2. The Morgan fingerprint density at radius 2 is 2.38 bits per heavy atom. The van der Waals surface area contributed by atoms with Crippen LogP contribution in [0.25, 0.3) is 0 Å². The molecule has 2 nitrogen and oxygen atoms in total. The topological polar surface area (TPSA) is 21.8 Å². The van der Waals surface area contributed by atoms with E-state index in [0.717, 1.165) is 13.0 Å². The molecule has 0 N–H and O–H groups in total. The molecule has 8 heavy (non-hydrogen) atoms. The third-order valence-corrected chi connectivity index (χ3v) is 1.08. The van der Waals surface area contributed by atoms with Crippen LogP contribution < -0.4 is 0 Å². The van der Waals surface area contributed by atoms with Crippen LogP contribution in [-0.4, -0.2) is 19.0 Å². The van der Waals surface area contributed by atoms with E-state index in [-0.39, 0.29) is 6.29 Å². The standard InChI is InChI=1S/C6H11O2/c1-3-4-7-6-5(2)8-6/h5-6H,1,3-4H2,2H3. The van der Waals surface area contributed by atoms with Gasteiger partial charge in [-0.25, -0.2) is 0 Å². The molecule has 1 rings (SSSR count). The highest BCUT2D eigenvalue weighted by Gasteiger charge is 2.34. The first-order valence-electron chi connectivity index (χ1n) is 2.91. The summed E-state index contributed by atoms with van der Waals surface area (Å²) >= 11 is 0. The fraction of sp³-hybridized carbons (Fsp3) is 0.833. The first-order valence-corrected chi connectivity index (χ1v) is 2.91. The van der Waals surface area contributed by atoms with Crippen LogP contribution in [0.3, 0.4) is 0 Å². The third kappa shape index (κ3) is 1.46. The molecule has 2 unspecified atom stereocenters. The lowest BCUT2D eigenvalue weighted by molar-refractivity contribution is 0.0530. The summed E-state index contributed by atoms with van der Waals surface area (Å²) in [5.41, 5.74) is 0. The summed E-state index contributed by atoms with van der Waals surface area (Å²) in [6, 6.07) is 0. The fourth-order valence-corrected chi connectivity index (χ4v) is 0.540. The molecular weight excluding hydrogens is 104 g/mol. The zero-order chi connectivity index (χ0) is 5.98. The van der Waals surface area contributed by atoms with Crippen molar-refractivity contribution in [1.82, 2.24) is 0 Å². The van der Waals surface area contributed by atoms with Crippen molar-refractivity contribution < 1.29 is 9.47 Å². The Morgan fingerprint density at radius 3 is 2.75 bits per heavy atom. The van der Waals surface area contributed by atoms with Gasteiger partial charge >= 0.3 is 0 Å². The number of ether oxygens (including phenoxy) is 2. The number of hydrogen-bond acceptors (Lipinski definition) is 2. The van der Waals surface area contributed by atoms with Gasteiger partial charge in [-0.1, -0.05) is 6.92 Å². The van der Waals surface area contributed by atoms with Crippen LogP contribution in [-0.2, 0) is 9.47 Å². The van der Waals surface area contributed by atoms with Gasteiger partial charge in [0.15, 0.2) is 6.29 Å². The molecule has 1 fully saturated rings. The average Bonchev–Trinajstić information content (AvgIpc) is 2.42. The molecule has 1 radical (unpaired) electrons. The van der Waals surface area contributed by atoms with Crippen LogP contribution in [0.4, 0.5) is 0 Å². The Labute approximate surface area is 49.8 Å². The minimum Gasteiger partial charge on any atom is -0.350 e. The van der Waals surface area contributed by atoms with Gasteiger partial charge in [-0.15, -0.1) is 0 Å². The predicted octanol–water partition coefficient (Wildman–Crippen LogP) is 0.972. The van der Waals surface area contributed by atoms with Crippen LogP contribution in [0.1, 0.15) is 13.3 Å². The lowest BCUT2D eigenvalue weighted by Crippen LogP contribution is -1.98. The molecule has 1 aliphatic heterocycles. The van der Waals surface area contributed by atoms with E-state index in [1.807, 2.05) is 6.92 Å². The molecule has 0 aromatic rings. The summed E-state index contributed by atoms with van der Waals surface area (Å²) in [4.78, 5) is 0. The molecule has 0 saturated carbocycles. The Morgan fingerprint density at radius 1 is 1.75 bits per heavy atom. The zero-order valence-corrected chi connectivity index (χ0v) is 5.09. The zero-order valence-electron chi connectivity index (χ0n) is 5.09. The number of rotatable bonds is 3. The first-order chi connectivity index (χ1) is 3.84. The van der Waals surface area contributed by atoms with E-state index >= 15 is 0 Å². The quantitative estimate of drug-likeness (QED) is 0.511. The first kappa shape index (κ1) is 6.05. The summed E-state index contributed by atoms with van der Waals surface area (Å²) in [6.45, 7) is 6.34. The van der Waals surface area contributed by atoms with E-state index < -0.39 is 0 Å². The summed E-state index contributed by atoms with van der Waals surface area (Å²) in [7, 11) is 0. The van der Waals surface area contributed by atoms with Crippen LogP contribution in [0.5, 0.6) is 0 Å². The van der Waals surface area contributed by atoms with Crippen molar-refractivity contribution in [2.45, 2.75) is 25.7 Å². The molecule has 1 saturated heterocycles. The summed E-state index contributed by atoms with van der Waals surface area (Å²) in [5.74, 6) is 0.